The quantitative estimate of drug-likeness (QED) is 0.486. The Morgan fingerprint density at radius 1 is 1.29 bits per heavy atom. The molecular weight excluding hydrogens is 372 g/mol. The van der Waals surface area contributed by atoms with Gasteiger partial charge in [0.25, 0.3) is 0 Å². The Morgan fingerprint density at radius 3 is 3.04 bits per heavy atom. The summed E-state index contributed by atoms with van der Waals surface area (Å²) in [6, 6.07) is 5.92. The molecule has 0 fully saturated rings. The Balaban J connectivity index is 1.55. The van der Waals surface area contributed by atoms with Gasteiger partial charge in [0, 0.05) is 36.5 Å². The first kappa shape index (κ1) is 16.9. The van der Waals surface area contributed by atoms with Crippen LogP contribution in [0.3, 0.4) is 0 Å². The van der Waals surface area contributed by atoms with Gasteiger partial charge < -0.3 is 15.4 Å². The van der Waals surface area contributed by atoms with Gasteiger partial charge in [0.05, 0.1) is 0 Å². The molecule has 8 heteroatoms. The number of benzene rings is 1. The molecule has 4 heterocycles. The van der Waals surface area contributed by atoms with Crippen LogP contribution in [0.15, 0.2) is 36.9 Å². The third-order valence-corrected chi connectivity index (χ3v) is 5.90. The lowest BCUT2D eigenvalue weighted by Gasteiger charge is -2.12. The largest absolute Gasteiger partial charge is 0.382 e. The van der Waals surface area contributed by atoms with Crippen molar-refractivity contribution >= 4 is 27.5 Å². The van der Waals surface area contributed by atoms with Gasteiger partial charge in [-0.1, -0.05) is 29.2 Å². The average molecular weight is 388 g/mol. The lowest BCUT2D eigenvalue weighted by atomic mass is 10.0. The van der Waals surface area contributed by atoms with Crippen molar-refractivity contribution in [2.75, 3.05) is 5.73 Å². The molecule has 4 aromatic rings. The number of rotatable bonds is 1. The lowest BCUT2D eigenvalue weighted by molar-refractivity contribution is 0.0980. The van der Waals surface area contributed by atoms with E-state index in [0.717, 1.165) is 26.5 Å². The summed E-state index contributed by atoms with van der Waals surface area (Å²) in [5.74, 6) is 7.10. The van der Waals surface area contributed by atoms with Crippen molar-refractivity contribution in [2.24, 2.45) is 0 Å². The summed E-state index contributed by atoms with van der Waals surface area (Å²) in [6.07, 6.45) is 5.53. The van der Waals surface area contributed by atoms with E-state index in [4.69, 9.17) is 5.73 Å². The van der Waals surface area contributed by atoms with Crippen LogP contribution in [0.25, 0.3) is 20.9 Å². The average Bonchev–Trinajstić information content (AvgIpc) is 3.39. The van der Waals surface area contributed by atoms with Crippen molar-refractivity contribution in [3.05, 3.63) is 53.9 Å². The van der Waals surface area contributed by atoms with E-state index in [2.05, 4.69) is 31.8 Å². The van der Waals surface area contributed by atoms with Crippen LogP contribution in [0.5, 0.6) is 0 Å². The summed E-state index contributed by atoms with van der Waals surface area (Å²) < 4.78 is 1.93. The molecule has 1 atom stereocenters. The molecule has 1 aliphatic rings. The number of nitrogens with zero attached hydrogens (tertiary/aromatic N) is 5. The van der Waals surface area contributed by atoms with E-state index in [1.165, 1.54) is 17.7 Å². The van der Waals surface area contributed by atoms with E-state index in [-0.39, 0.29) is 0 Å². The predicted molar refractivity (Wildman–Crippen MR) is 107 cm³/mol. The summed E-state index contributed by atoms with van der Waals surface area (Å²) in [6.45, 7) is 2.74. The topological polar surface area (TPSA) is 103 Å². The van der Waals surface area contributed by atoms with Crippen LogP contribution in [0.1, 0.15) is 23.4 Å². The molecule has 1 aromatic carbocycles. The fourth-order valence-corrected chi connectivity index (χ4v) is 4.36. The molecule has 138 valence electrons. The highest BCUT2D eigenvalue weighted by atomic mass is 32.1. The van der Waals surface area contributed by atoms with Gasteiger partial charge in [-0.25, -0.2) is 19.9 Å². The Bertz CT molecular complexity index is 1280. The smallest absolute Gasteiger partial charge is 0.185 e. The van der Waals surface area contributed by atoms with Gasteiger partial charge in [-0.05, 0) is 24.6 Å². The van der Waals surface area contributed by atoms with Gasteiger partial charge in [0.1, 0.15) is 21.7 Å². The number of anilines is 1. The predicted octanol–water partition coefficient (Wildman–Crippen LogP) is 2.48. The normalized spacial score (nSPS) is 18.1. The monoisotopic (exact) mass is 388 g/mol. The maximum Gasteiger partial charge on any atom is 0.185 e. The number of nitrogen functional groups attached to an aromatic ring is 1. The Kier molecular flexibility index (Phi) is 3.69. The van der Waals surface area contributed by atoms with Crippen molar-refractivity contribution in [3.63, 3.8) is 0 Å². The molecule has 0 bridgehead atoms. The van der Waals surface area contributed by atoms with Gasteiger partial charge >= 0.3 is 0 Å². The van der Waals surface area contributed by atoms with Crippen molar-refractivity contribution in [1.29, 1.82) is 0 Å². The summed E-state index contributed by atoms with van der Waals surface area (Å²) in [7, 11) is 0. The van der Waals surface area contributed by atoms with Crippen LogP contribution < -0.4 is 5.73 Å². The summed E-state index contributed by atoms with van der Waals surface area (Å²) in [5, 5.41) is 11.7. The minimum Gasteiger partial charge on any atom is -0.382 e. The zero-order valence-electron chi connectivity index (χ0n) is 15.0. The van der Waals surface area contributed by atoms with Crippen LogP contribution in [0, 0.1) is 18.8 Å². The maximum atomic E-state index is 10.9. The van der Waals surface area contributed by atoms with E-state index in [0.29, 0.717) is 30.1 Å². The number of aliphatic hydroxyl groups is 1. The van der Waals surface area contributed by atoms with Crippen LogP contribution in [0.4, 0.5) is 5.82 Å². The highest BCUT2D eigenvalue weighted by Crippen LogP contribution is 2.33. The second-order valence-corrected chi connectivity index (χ2v) is 7.74. The molecule has 0 aliphatic carbocycles. The summed E-state index contributed by atoms with van der Waals surface area (Å²) in [5.41, 5.74) is 8.16. The van der Waals surface area contributed by atoms with E-state index >= 15 is 0 Å². The lowest BCUT2D eigenvalue weighted by Crippen LogP contribution is -2.20. The molecule has 0 radical (unpaired) electrons. The fraction of sp³-hybridized carbons (Fsp3) is 0.200. The van der Waals surface area contributed by atoms with E-state index in [1.807, 2.05) is 35.9 Å². The van der Waals surface area contributed by atoms with Crippen LogP contribution in [0.2, 0.25) is 0 Å². The Morgan fingerprint density at radius 2 is 2.18 bits per heavy atom. The zero-order chi connectivity index (χ0) is 19.3. The van der Waals surface area contributed by atoms with Crippen molar-refractivity contribution < 1.29 is 5.11 Å². The maximum absolute atomic E-state index is 10.9. The molecule has 1 unspecified atom stereocenters. The molecule has 0 amide bonds. The van der Waals surface area contributed by atoms with E-state index in [9.17, 15) is 5.11 Å². The molecule has 0 spiro atoms. The van der Waals surface area contributed by atoms with Crippen molar-refractivity contribution in [2.45, 2.75) is 25.5 Å². The first-order valence-electron chi connectivity index (χ1n) is 8.79. The van der Waals surface area contributed by atoms with Crippen molar-refractivity contribution in [3.8, 4) is 22.4 Å². The van der Waals surface area contributed by atoms with Gasteiger partial charge in [-0.3, -0.25) is 0 Å². The highest BCUT2D eigenvalue weighted by molar-refractivity contribution is 7.21. The molecule has 0 saturated heterocycles. The second kappa shape index (κ2) is 6.12. The molecule has 5 rings (SSSR count). The molecule has 0 saturated carbocycles. The highest BCUT2D eigenvalue weighted by Gasteiger charge is 2.36. The van der Waals surface area contributed by atoms with Crippen molar-refractivity contribution in [1.82, 2.24) is 24.5 Å². The van der Waals surface area contributed by atoms with E-state index in [1.54, 1.807) is 6.20 Å². The summed E-state index contributed by atoms with van der Waals surface area (Å²) in [4.78, 5) is 17.9. The number of hydrogen-bond acceptors (Lipinski definition) is 7. The standard InChI is InChI=1S/C20H16N6OS/c1-12-2-3-13(4-5-20(27)6-8-26-9-7-22-19(20)26)10-14(12)17-25-15-16(21)23-11-24-18(15)28-17/h2-3,7,9-11,27H,6,8H2,1H3,(H2,21,23,24). The molecule has 1 aliphatic heterocycles. The van der Waals surface area contributed by atoms with Gasteiger partial charge in [0.15, 0.2) is 17.2 Å². The van der Waals surface area contributed by atoms with E-state index < -0.39 is 5.60 Å². The number of fused-ring (bicyclic) bond motifs is 2. The Labute approximate surface area is 164 Å². The molecule has 7 nitrogen and oxygen atoms in total. The zero-order valence-corrected chi connectivity index (χ0v) is 15.9. The number of aryl methyl sites for hydroxylation is 2. The van der Waals surface area contributed by atoms with Crippen LogP contribution >= 0.6 is 11.3 Å². The summed E-state index contributed by atoms with van der Waals surface area (Å²) >= 11 is 1.47. The third kappa shape index (κ3) is 2.64. The second-order valence-electron chi connectivity index (χ2n) is 6.77. The molecule has 3 N–H and O–H groups in total. The van der Waals surface area contributed by atoms with Gasteiger partial charge in [0.2, 0.25) is 0 Å². The van der Waals surface area contributed by atoms with Gasteiger partial charge in [-0.15, -0.1) is 0 Å². The van der Waals surface area contributed by atoms with Gasteiger partial charge in [-0.2, -0.15) is 0 Å². The number of hydrogen-bond donors (Lipinski definition) is 2. The Hall–Kier alpha value is -3.28. The number of nitrogens with two attached hydrogens (primary N) is 1. The molecule has 28 heavy (non-hydrogen) atoms. The SMILES string of the molecule is Cc1ccc(C#CC2(O)CCn3ccnc32)cc1-c1nc2c(N)ncnc2s1. The molecule has 3 aromatic heterocycles. The number of imidazole rings is 1. The molecular formula is C20H16N6OS. The number of aromatic nitrogens is 5. The van der Waals surface area contributed by atoms with Crippen LogP contribution in [-0.4, -0.2) is 29.6 Å². The minimum atomic E-state index is -1.21. The first-order valence-corrected chi connectivity index (χ1v) is 9.60. The first-order chi connectivity index (χ1) is 13.5. The number of thiazole rings is 1. The van der Waals surface area contributed by atoms with Crippen LogP contribution in [-0.2, 0) is 12.1 Å². The fourth-order valence-electron chi connectivity index (χ4n) is 3.36. The minimum absolute atomic E-state index is 0.375. The third-order valence-electron chi connectivity index (χ3n) is 4.91.